The van der Waals surface area contributed by atoms with Gasteiger partial charge in [0.05, 0.1) is 6.61 Å². The summed E-state index contributed by atoms with van der Waals surface area (Å²) in [5, 5.41) is 0. The lowest BCUT2D eigenvalue weighted by atomic mass is 9.80. The lowest BCUT2D eigenvalue weighted by Gasteiger charge is -2.27. The maximum atomic E-state index is 11.3. The average Bonchev–Trinajstić information content (AvgIpc) is 2.22. The van der Waals surface area contributed by atoms with E-state index in [2.05, 4.69) is 6.92 Å². The number of ether oxygens (including phenoxy) is 1. The first kappa shape index (κ1) is 12.5. The van der Waals surface area contributed by atoms with Gasteiger partial charge in [-0.2, -0.15) is 0 Å². The van der Waals surface area contributed by atoms with E-state index in [4.69, 9.17) is 10.5 Å². The van der Waals surface area contributed by atoms with Gasteiger partial charge in [-0.15, -0.1) is 0 Å². The summed E-state index contributed by atoms with van der Waals surface area (Å²) in [6.45, 7) is 4.53. The third-order valence-electron chi connectivity index (χ3n) is 3.31. The second-order valence-corrected chi connectivity index (χ2v) is 4.72. The summed E-state index contributed by atoms with van der Waals surface area (Å²) in [6.07, 6.45) is 5.79. The molecule has 1 fully saturated rings. The molecule has 3 heteroatoms. The van der Waals surface area contributed by atoms with Crippen LogP contribution in [0.25, 0.3) is 0 Å². The van der Waals surface area contributed by atoms with Crippen molar-refractivity contribution >= 4 is 5.97 Å². The van der Waals surface area contributed by atoms with E-state index in [0.717, 1.165) is 12.3 Å². The van der Waals surface area contributed by atoms with Gasteiger partial charge in [-0.1, -0.05) is 32.6 Å². The van der Waals surface area contributed by atoms with Crippen LogP contribution in [0.2, 0.25) is 0 Å². The van der Waals surface area contributed by atoms with Crippen LogP contribution in [0.4, 0.5) is 0 Å². The van der Waals surface area contributed by atoms with Crippen molar-refractivity contribution in [3.63, 3.8) is 0 Å². The van der Waals surface area contributed by atoms with E-state index in [9.17, 15) is 4.79 Å². The molecule has 0 aliphatic heterocycles. The Morgan fingerprint density at radius 1 is 1.40 bits per heavy atom. The summed E-state index contributed by atoms with van der Waals surface area (Å²) in [7, 11) is 0. The summed E-state index contributed by atoms with van der Waals surface area (Å²) in [6, 6.07) is -0.414. The summed E-state index contributed by atoms with van der Waals surface area (Å²) >= 11 is 0. The zero-order valence-corrected chi connectivity index (χ0v) is 9.87. The van der Waals surface area contributed by atoms with Crippen LogP contribution in [0.3, 0.4) is 0 Å². The summed E-state index contributed by atoms with van der Waals surface area (Å²) in [4.78, 5) is 11.3. The van der Waals surface area contributed by atoms with Crippen LogP contribution in [0.5, 0.6) is 0 Å². The molecule has 0 amide bonds. The zero-order valence-electron chi connectivity index (χ0n) is 9.87. The number of carbonyl (C=O) groups is 1. The van der Waals surface area contributed by atoms with Gasteiger partial charge in [-0.3, -0.25) is 4.79 Å². The highest BCUT2D eigenvalue weighted by atomic mass is 16.5. The lowest BCUT2D eigenvalue weighted by molar-refractivity contribution is -0.145. The van der Waals surface area contributed by atoms with Gasteiger partial charge < -0.3 is 10.5 Å². The van der Waals surface area contributed by atoms with Crippen molar-refractivity contribution in [2.75, 3.05) is 6.61 Å². The van der Waals surface area contributed by atoms with Crippen LogP contribution in [-0.2, 0) is 9.53 Å². The maximum absolute atomic E-state index is 11.3. The van der Waals surface area contributed by atoms with Gasteiger partial charge in [0.1, 0.15) is 6.04 Å². The SMILES string of the molecule is CCOC(=O)C(N)CC1CCC(C)CC1. The first-order valence-electron chi connectivity index (χ1n) is 6.05. The fraction of sp³-hybridized carbons (Fsp3) is 0.917. The summed E-state index contributed by atoms with van der Waals surface area (Å²) in [5.41, 5.74) is 5.79. The summed E-state index contributed by atoms with van der Waals surface area (Å²) in [5.74, 6) is 1.23. The van der Waals surface area contributed by atoms with Crippen molar-refractivity contribution in [1.29, 1.82) is 0 Å². The fourth-order valence-electron chi connectivity index (χ4n) is 2.27. The van der Waals surface area contributed by atoms with E-state index in [1.54, 1.807) is 0 Å². The fourth-order valence-corrected chi connectivity index (χ4v) is 2.27. The van der Waals surface area contributed by atoms with Crippen LogP contribution in [0.1, 0.15) is 46.0 Å². The summed E-state index contributed by atoms with van der Waals surface area (Å²) < 4.78 is 4.90. The van der Waals surface area contributed by atoms with Crippen LogP contribution in [-0.4, -0.2) is 18.6 Å². The Morgan fingerprint density at radius 2 is 2.00 bits per heavy atom. The van der Waals surface area contributed by atoms with Gasteiger partial charge in [0, 0.05) is 0 Å². The number of carbonyl (C=O) groups excluding carboxylic acids is 1. The Kier molecular flexibility index (Phi) is 5.09. The number of nitrogens with two attached hydrogens (primary N) is 1. The molecule has 3 nitrogen and oxygen atoms in total. The smallest absolute Gasteiger partial charge is 0.322 e. The van der Waals surface area contributed by atoms with Gasteiger partial charge in [-0.05, 0) is 25.2 Å². The standard InChI is InChI=1S/C12H23NO2/c1-3-15-12(14)11(13)8-10-6-4-9(2)5-7-10/h9-11H,3-8,13H2,1-2H3. The molecule has 1 aliphatic rings. The van der Waals surface area contributed by atoms with Crippen LogP contribution in [0, 0.1) is 11.8 Å². The molecule has 88 valence electrons. The third-order valence-corrected chi connectivity index (χ3v) is 3.31. The van der Waals surface area contributed by atoms with Crippen LogP contribution >= 0.6 is 0 Å². The first-order valence-corrected chi connectivity index (χ1v) is 6.05. The number of esters is 1. The third kappa shape index (κ3) is 4.20. The van der Waals surface area contributed by atoms with Gasteiger partial charge in [0.15, 0.2) is 0 Å². The number of hydrogen-bond acceptors (Lipinski definition) is 3. The lowest BCUT2D eigenvalue weighted by Crippen LogP contribution is -2.35. The van der Waals surface area contributed by atoms with Gasteiger partial charge in [0.25, 0.3) is 0 Å². The Bertz CT molecular complexity index is 198. The second-order valence-electron chi connectivity index (χ2n) is 4.72. The number of rotatable bonds is 4. The van der Waals surface area contributed by atoms with Crippen LogP contribution in [0.15, 0.2) is 0 Å². The molecule has 0 heterocycles. The quantitative estimate of drug-likeness (QED) is 0.727. The molecule has 0 spiro atoms. The predicted octanol–water partition coefficient (Wildman–Crippen LogP) is 2.09. The molecule has 0 bridgehead atoms. The minimum Gasteiger partial charge on any atom is -0.465 e. The highest BCUT2D eigenvalue weighted by Gasteiger charge is 2.23. The average molecular weight is 213 g/mol. The van der Waals surface area contributed by atoms with Crippen molar-refractivity contribution in [1.82, 2.24) is 0 Å². The van der Waals surface area contributed by atoms with Crippen molar-refractivity contribution in [2.24, 2.45) is 17.6 Å². The van der Waals surface area contributed by atoms with E-state index in [0.29, 0.717) is 12.5 Å². The molecule has 15 heavy (non-hydrogen) atoms. The predicted molar refractivity (Wildman–Crippen MR) is 60.3 cm³/mol. The maximum Gasteiger partial charge on any atom is 0.322 e. The molecule has 2 N–H and O–H groups in total. The number of hydrogen-bond donors (Lipinski definition) is 1. The largest absolute Gasteiger partial charge is 0.465 e. The monoisotopic (exact) mass is 213 g/mol. The van der Waals surface area contributed by atoms with E-state index in [-0.39, 0.29) is 5.97 Å². The molecule has 0 aromatic heterocycles. The van der Waals surface area contributed by atoms with Gasteiger partial charge >= 0.3 is 5.97 Å². The molecule has 1 unspecified atom stereocenters. The topological polar surface area (TPSA) is 52.3 Å². The van der Waals surface area contributed by atoms with E-state index in [1.807, 2.05) is 6.92 Å². The normalized spacial score (nSPS) is 28.5. The minimum atomic E-state index is -0.414. The van der Waals surface area contributed by atoms with Gasteiger partial charge in [-0.25, -0.2) is 0 Å². The Hall–Kier alpha value is -0.570. The van der Waals surface area contributed by atoms with Crippen LogP contribution < -0.4 is 5.73 Å². The van der Waals surface area contributed by atoms with Crippen molar-refractivity contribution in [3.05, 3.63) is 0 Å². The molecule has 1 rings (SSSR count). The highest BCUT2D eigenvalue weighted by Crippen LogP contribution is 2.30. The van der Waals surface area contributed by atoms with Gasteiger partial charge in [0.2, 0.25) is 0 Å². The Balaban J connectivity index is 2.25. The molecule has 0 radical (unpaired) electrons. The molecule has 1 saturated carbocycles. The molecule has 0 aromatic carbocycles. The van der Waals surface area contributed by atoms with E-state index in [1.165, 1.54) is 25.7 Å². The second kappa shape index (κ2) is 6.11. The van der Waals surface area contributed by atoms with Crippen molar-refractivity contribution in [2.45, 2.75) is 52.0 Å². The molecule has 1 aliphatic carbocycles. The Labute approximate surface area is 92.4 Å². The molecule has 1 atom stereocenters. The Morgan fingerprint density at radius 3 is 2.53 bits per heavy atom. The molecular formula is C12H23NO2. The molecule has 0 aromatic rings. The molecule has 0 saturated heterocycles. The van der Waals surface area contributed by atoms with E-state index < -0.39 is 6.04 Å². The molecular weight excluding hydrogens is 190 g/mol. The van der Waals surface area contributed by atoms with Crippen molar-refractivity contribution < 1.29 is 9.53 Å². The first-order chi connectivity index (χ1) is 7.13. The van der Waals surface area contributed by atoms with E-state index >= 15 is 0 Å². The zero-order chi connectivity index (χ0) is 11.3. The highest BCUT2D eigenvalue weighted by molar-refractivity contribution is 5.75. The van der Waals surface area contributed by atoms with Crippen molar-refractivity contribution in [3.8, 4) is 0 Å². The minimum absolute atomic E-state index is 0.240.